The molecule has 0 N–H and O–H groups in total. The van der Waals surface area contributed by atoms with Crippen molar-refractivity contribution in [2.45, 2.75) is 45.4 Å². The molecule has 0 amide bonds. The highest BCUT2D eigenvalue weighted by molar-refractivity contribution is 7.82. The van der Waals surface area contributed by atoms with Gasteiger partial charge in [0.2, 0.25) is 0 Å². The highest BCUT2D eigenvalue weighted by Gasteiger charge is 2.25. The van der Waals surface area contributed by atoms with E-state index in [1.165, 1.54) is 36.1 Å². The Balaban J connectivity index is 1.73. The lowest BCUT2D eigenvalue weighted by Crippen LogP contribution is -2.32. The van der Waals surface area contributed by atoms with Crippen LogP contribution in [0, 0.1) is 0 Å². The van der Waals surface area contributed by atoms with Crippen LogP contribution < -0.4 is 4.18 Å². The predicted molar refractivity (Wildman–Crippen MR) is 121 cm³/mol. The van der Waals surface area contributed by atoms with E-state index in [1.54, 1.807) is 6.07 Å². The van der Waals surface area contributed by atoms with E-state index in [4.69, 9.17) is 9.17 Å². The fourth-order valence-electron chi connectivity index (χ4n) is 4.52. The second-order valence-electron chi connectivity index (χ2n) is 8.16. The summed E-state index contributed by atoms with van der Waals surface area (Å²) in [6, 6.07) is 9.66. The molecule has 6 nitrogen and oxygen atoms in total. The number of benzene rings is 1. The molecule has 1 aliphatic heterocycles. The Hall–Kier alpha value is -2.22. The Morgan fingerprint density at radius 2 is 1.84 bits per heavy atom. The maximum absolute atomic E-state index is 11.7. The molecule has 2 aliphatic rings. The summed E-state index contributed by atoms with van der Waals surface area (Å²) in [7, 11) is -2.95. The van der Waals surface area contributed by atoms with E-state index in [-0.39, 0.29) is 5.75 Å². The first-order valence-electron chi connectivity index (χ1n) is 11.0. The number of pyridine rings is 1. The van der Waals surface area contributed by atoms with Crippen molar-refractivity contribution in [2.24, 2.45) is 0 Å². The zero-order valence-electron chi connectivity index (χ0n) is 18.3. The standard InChI is InChI=1S/C24H30N2O4S/c1-3-4-14-26-15-11-18(12-16-26)23-22-10-9-21(30-31(27,28)29-2)17-20(22)8-7-19-6-5-13-25-24(19)23/h5-6,9-10,13,17H,3-4,7-8,11-12,14-16H2,1-2H3. The predicted octanol–water partition coefficient (Wildman–Crippen LogP) is 4.15. The van der Waals surface area contributed by atoms with Crippen molar-refractivity contribution < 1.29 is 16.8 Å². The molecule has 1 fully saturated rings. The maximum atomic E-state index is 11.7. The largest absolute Gasteiger partial charge is 0.448 e. The number of aromatic nitrogens is 1. The van der Waals surface area contributed by atoms with Gasteiger partial charge in [0.15, 0.2) is 0 Å². The van der Waals surface area contributed by atoms with Crippen LogP contribution in [0.4, 0.5) is 0 Å². The van der Waals surface area contributed by atoms with Gasteiger partial charge in [-0.25, -0.2) is 4.18 Å². The van der Waals surface area contributed by atoms with Gasteiger partial charge in [0.05, 0.1) is 12.8 Å². The molecule has 0 saturated carbocycles. The van der Waals surface area contributed by atoms with Gasteiger partial charge in [-0.2, -0.15) is 8.42 Å². The summed E-state index contributed by atoms with van der Waals surface area (Å²) in [5.74, 6) is 0.276. The normalized spacial score (nSPS) is 17.1. The van der Waals surface area contributed by atoms with Crippen LogP contribution in [0.3, 0.4) is 0 Å². The quantitative estimate of drug-likeness (QED) is 0.670. The fraction of sp³-hybridized carbons (Fsp3) is 0.458. The Kier molecular flexibility index (Phi) is 6.74. The van der Waals surface area contributed by atoms with Crippen LogP contribution >= 0.6 is 0 Å². The number of hydrogen-bond donors (Lipinski definition) is 0. The van der Waals surface area contributed by atoms with E-state index >= 15 is 0 Å². The van der Waals surface area contributed by atoms with Crippen molar-refractivity contribution >= 4 is 16.0 Å². The summed E-state index contributed by atoms with van der Waals surface area (Å²) >= 11 is 0. The number of nitrogens with zero attached hydrogens (tertiary/aromatic N) is 2. The molecule has 1 saturated heterocycles. The SMILES string of the molecule is CCCCN1CCC(=C2c3ccc(OS(=O)(=O)OC)cc3CCc3cccnc32)CC1. The molecule has 4 rings (SSSR count). The van der Waals surface area contributed by atoms with Crippen LogP contribution in [0.5, 0.6) is 5.75 Å². The molecule has 2 heterocycles. The van der Waals surface area contributed by atoms with Gasteiger partial charge in [0, 0.05) is 24.9 Å². The van der Waals surface area contributed by atoms with Crippen molar-refractivity contribution in [1.82, 2.24) is 9.88 Å². The maximum Gasteiger partial charge on any atom is 0.448 e. The third kappa shape index (κ3) is 5.00. The minimum absolute atomic E-state index is 0.276. The first kappa shape index (κ1) is 22.0. The highest BCUT2D eigenvalue weighted by atomic mass is 32.3. The molecule has 1 aliphatic carbocycles. The lowest BCUT2D eigenvalue weighted by molar-refractivity contribution is 0.253. The third-order valence-corrected chi connectivity index (χ3v) is 6.99. The number of hydrogen-bond acceptors (Lipinski definition) is 6. The van der Waals surface area contributed by atoms with Gasteiger partial charge < -0.3 is 9.08 Å². The van der Waals surface area contributed by atoms with Crippen LogP contribution in [0.15, 0.2) is 42.1 Å². The van der Waals surface area contributed by atoms with Crippen molar-refractivity contribution in [2.75, 3.05) is 26.7 Å². The lowest BCUT2D eigenvalue weighted by Gasteiger charge is -2.30. The monoisotopic (exact) mass is 442 g/mol. The summed E-state index contributed by atoms with van der Waals surface area (Å²) in [6.07, 6.45) is 8.05. The topological polar surface area (TPSA) is 68.7 Å². The molecule has 1 aromatic carbocycles. The van der Waals surface area contributed by atoms with E-state index in [1.807, 2.05) is 24.4 Å². The molecule has 0 radical (unpaired) electrons. The smallest absolute Gasteiger partial charge is 0.362 e. The number of piperidine rings is 1. The van der Waals surface area contributed by atoms with Gasteiger partial charge in [0.1, 0.15) is 5.75 Å². The molecular weight excluding hydrogens is 412 g/mol. The number of likely N-dealkylation sites (tertiary alicyclic amines) is 1. The zero-order valence-corrected chi connectivity index (χ0v) is 19.1. The Morgan fingerprint density at radius 1 is 1.06 bits per heavy atom. The number of rotatable bonds is 6. The van der Waals surface area contributed by atoms with E-state index in [2.05, 4.69) is 22.1 Å². The van der Waals surface area contributed by atoms with Crippen LogP contribution in [0.2, 0.25) is 0 Å². The van der Waals surface area contributed by atoms with Gasteiger partial charge in [-0.1, -0.05) is 31.1 Å². The Morgan fingerprint density at radius 3 is 2.58 bits per heavy atom. The van der Waals surface area contributed by atoms with Gasteiger partial charge in [0.25, 0.3) is 0 Å². The number of unbranched alkanes of at least 4 members (excludes halogenated alkanes) is 1. The minimum atomic E-state index is -4.04. The summed E-state index contributed by atoms with van der Waals surface area (Å²) in [6.45, 7) is 5.55. The molecule has 0 unspecified atom stereocenters. The summed E-state index contributed by atoms with van der Waals surface area (Å²) in [5.41, 5.74) is 7.18. The van der Waals surface area contributed by atoms with Gasteiger partial charge in [-0.15, -0.1) is 0 Å². The second-order valence-corrected chi connectivity index (χ2v) is 9.48. The molecule has 0 bridgehead atoms. The zero-order chi connectivity index (χ0) is 21.8. The second kappa shape index (κ2) is 9.51. The Labute approximate surface area is 185 Å². The first-order valence-corrected chi connectivity index (χ1v) is 12.4. The molecule has 1 aromatic heterocycles. The van der Waals surface area contributed by atoms with Crippen molar-refractivity contribution in [1.29, 1.82) is 0 Å². The summed E-state index contributed by atoms with van der Waals surface area (Å²) in [4.78, 5) is 7.33. The first-order chi connectivity index (χ1) is 15.0. The molecular formula is C24H30N2O4S. The van der Waals surface area contributed by atoms with Crippen molar-refractivity contribution in [3.8, 4) is 5.75 Å². The molecule has 0 spiro atoms. The van der Waals surface area contributed by atoms with E-state index < -0.39 is 10.4 Å². The fourth-order valence-corrected chi connectivity index (χ4v) is 4.93. The molecule has 7 heteroatoms. The van der Waals surface area contributed by atoms with Crippen LogP contribution in [-0.2, 0) is 27.4 Å². The van der Waals surface area contributed by atoms with E-state index in [0.717, 1.165) is 62.7 Å². The molecule has 166 valence electrons. The van der Waals surface area contributed by atoms with Gasteiger partial charge >= 0.3 is 10.4 Å². The average molecular weight is 443 g/mol. The van der Waals surface area contributed by atoms with E-state index in [0.29, 0.717) is 0 Å². The Bertz CT molecular complexity index is 1070. The van der Waals surface area contributed by atoms with Crippen LogP contribution in [-0.4, -0.2) is 45.0 Å². The molecule has 31 heavy (non-hydrogen) atoms. The average Bonchev–Trinajstić information content (AvgIpc) is 2.94. The van der Waals surface area contributed by atoms with Crippen molar-refractivity contribution in [3.63, 3.8) is 0 Å². The third-order valence-electron chi connectivity index (χ3n) is 6.18. The molecule has 2 aromatic rings. The van der Waals surface area contributed by atoms with Gasteiger partial charge in [-0.05, 0) is 73.5 Å². The van der Waals surface area contributed by atoms with Crippen LogP contribution in [0.25, 0.3) is 5.57 Å². The number of fused-ring (bicyclic) bond motifs is 2. The summed E-state index contributed by atoms with van der Waals surface area (Å²) < 4.78 is 33.0. The lowest BCUT2D eigenvalue weighted by atomic mass is 9.88. The minimum Gasteiger partial charge on any atom is -0.362 e. The van der Waals surface area contributed by atoms with E-state index in [9.17, 15) is 8.42 Å². The highest BCUT2D eigenvalue weighted by Crippen LogP contribution is 2.39. The van der Waals surface area contributed by atoms with Crippen LogP contribution in [0.1, 0.15) is 55.0 Å². The summed E-state index contributed by atoms with van der Waals surface area (Å²) in [5, 5.41) is 0. The number of aryl methyl sites for hydroxylation is 2. The van der Waals surface area contributed by atoms with Crippen molar-refractivity contribution in [3.05, 3.63) is 64.5 Å². The molecule has 0 atom stereocenters. The van der Waals surface area contributed by atoms with Gasteiger partial charge in [-0.3, -0.25) is 4.98 Å².